The van der Waals surface area contributed by atoms with Crippen LogP contribution in [-0.2, 0) is 21.7 Å². The van der Waals surface area contributed by atoms with Crippen molar-refractivity contribution in [2.24, 2.45) is 10.4 Å². The van der Waals surface area contributed by atoms with Gasteiger partial charge in [-0.15, -0.1) is 0 Å². The van der Waals surface area contributed by atoms with Gasteiger partial charge in [-0.3, -0.25) is 23.9 Å². The van der Waals surface area contributed by atoms with Crippen molar-refractivity contribution in [2.75, 3.05) is 12.4 Å². The Kier molecular flexibility index (Phi) is 6.68. The SMILES string of the molecule is C/N=C/c1ccc(-c2cc(=O)n(CC(=O)NC3(c4nc(=O)o[nH]4)CC3)c(C)n2)c(NC(=O)C(C)(C)C)c1. The molecule has 37 heavy (non-hydrogen) atoms. The van der Waals surface area contributed by atoms with Crippen molar-refractivity contribution in [2.45, 2.75) is 52.6 Å². The van der Waals surface area contributed by atoms with Crippen LogP contribution in [0.4, 0.5) is 5.69 Å². The summed E-state index contributed by atoms with van der Waals surface area (Å²) >= 11 is 0. The van der Waals surface area contributed by atoms with Crippen LogP contribution in [0.2, 0.25) is 0 Å². The monoisotopic (exact) mass is 507 g/mol. The Labute approximate surface area is 212 Å². The number of amides is 2. The van der Waals surface area contributed by atoms with E-state index in [-0.39, 0.29) is 18.3 Å². The number of anilines is 1. The van der Waals surface area contributed by atoms with Gasteiger partial charge in [-0.05, 0) is 31.4 Å². The molecule has 0 atom stereocenters. The highest BCUT2D eigenvalue weighted by molar-refractivity contribution is 5.99. The van der Waals surface area contributed by atoms with Gasteiger partial charge in [-0.2, -0.15) is 4.98 Å². The summed E-state index contributed by atoms with van der Waals surface area (Å²) in [7, 11) is 1.65. The summed E-state index contributed by atoms with van der Waals surface area (Å²) in [6.45, 7) is 6.78. The van der Waals surface area contributed by atoms with E-state index in [0.29, 0.717) is 35.6 Å². The van der Waals surface area contributed by atoms with Crippen molar-refractivity contribution in [1.82, 2.24) is 25.0 Å². The Bertz CT molecular complexity index is 1500. The lowest BCUT2D eigenvalue weighted by atomic mass is 9.95. The number of nitrogens with zero attached hydrogens (tertiary/aromatic N) is 4. The molecule has 1 saturated carbocycles. The molecule has 2 aromatic heterocycles. The van der Waals surface area contributed by atoms with E-state index in [4.69, 9.17) is 0 Å². The number of aromatic nitrogens is 4. The molecule has 2 amide bonds. The summed E-state index contributed by atoms with van der Waals surface area (Å²) in [5.41, 5.74) is 0.347. The summed E-state index contributed by atoms with van der Waals surface area (Å²) in [6, 6.07) is 6.68. The second kappa shape index (κ2) is 9.60. The molecule has 0 unspecified atom stereocenters. The van der Waals surface area contributed by atoms with Gasteiger partial charge in [-0.1, -0.05) is 32.9 Å². The number of aryl methyl sites for hydroxylation is 1. The molecule has 194 valence electrons. The highest BCUT2D eigenvalue weighted by Crippen LogP contribution is 2.43. The molecule has 1 fully saturated rings. The Hall–Kier alpha value is -4.35. The van der Waals surface area contributed by atoms with Crippen LogP contribution >= 0.6 is 0 Å². The molecule has 0 saturated heterocycles. The maximum atomic E-state index is 13.0. The van der Waals surface area contributed by atoms with Crippen LogP contribution in [0.3, 0.4) is 0 Å². The number of benzene rings is 1. The van der Waals surface area contributed by atoms with Gasteiger partial charge < -0.3 is 15.2 Å². The van der Waals surface area contributed by atoms with Crippen LogP contribution in [0.25, 0.3) is 11.3 Å². The Balaban J connectivity index is 1.61. The molecular formula is C25H29N7O5. The maximum absolute atomic E-state index is 13.0. The Morgan fingerprint density at radius 3 is 2.51 bits per heavy atom. The van der Waals surface area contributed by atoms with Crippen LogP contribution in [0.5, 0.6) is 0 Å². The molecule has 0 aliphatic heterocycles. The van der Waals surface area contributed by atoms with Crippen molar-refractivity contribution in [3.8, 4) is 11.3 Å². The number of aromatic amines is 1. The maximum Gasteiger partial charge on any atom is 0.459 e. The third kappa shape index (κ3) is 5.57. The fourth-order valence-corrected chi connectivity index (χ4v) is 3.81. The molecule has 0 spiro atoms. The highest BCUT2D eigenvalue weighted by atomic mass is 16.5. The lowest BCUT2D eigenvalue weighted by Gasteiger charge is -2.20. The zero-order valence-corrected chi connectivity index (χ0v) is 21.3. The normalized spacial score (nSPS) is 14.5. The lowest BCUT2D eigenvalue weighted by molar-refractivity contribution is -0.123. The van der Waals surface area contributed by atoms with Gasteiger partial charge in [0.1, 0.15) is 17.9 Å². The van der Waals surface area contributed by atoms with E-state index in [1.807, 2.05) is 6.07 Å². The van der Waals surface area contributed by atoms with Crippen molar-refractivity contribution < 1.29 is 14.1 Å². The molecule has 3 aromatic rings. The van der Waals surface area contributed by atoms with Gasteiger partial charge in [0.05, 0.1) is 11.4 Å². The number of hydrogen-bond donors (Lipinski definition) is 3. The molecule has 12 heteroatoms. The van der Waals surface area contributed by atoms with Crippen molar-refractivity contribution >= 4 is 23.7 Å². The van der Waals surface area contributed by atoms with E-state index in [0.717, 1.165) is 5.56 Å². The van der Waals surface area contributed by atoms with E-state index in [1.54, 1.807) is 53.1 Å². The Morgan fingerprint density at radius 2 is 1.95 bits per heavy atom. The number of carbonyl (C=O) groups is 2. The van der Waals surface area contributed by atoms with Gasteiger partial charge in [0.25, 0.3) is 5.56 Å². The van der Waals surface area contributed by atoms with E-state index in [9.17, 15) is 19.2 Å². The summed E-state index contributed by atoms with van der Waals surface area (Å²) in [4.78, 5) is 62.1. The van der Waals surface area contributed by atoms with E-state index < -0.39 is 28.2 Å². The van der Waals surface area contributed by atoms with Crippen LogP contribution in [-0.4, -0.2) is 44.8 Å². The minimum Gasteiger partial charge on any atom is -0.342 e. The lowest BCUT2D eigenvalue weighted by Crippen LogP contribution is -2.40. The number of H-pyrrole nitrogens is 1. The first-order valence-corrected chi connectivity index (χ1v) is 11.8. The first-order chi connectivity index (χ1) is 17.4. The van der Waals surface area contributed by atoms with E-state index >= 15 is 0 Å². The number of aliphatic imine (C=N–C) groups is 1. The second-order valence-electron chi connectivity index (χ2n) is 10.1. The summed E-state index contributed by atoms with van der Waals surface area (Å²) in [5, 5.41) is 8.19. The van der Waals surface area contributed by atoms with Crippen molar-refractivity contribution in [3.05, 3.63) is 62.4 Å². The number of rotatable bonds is 7. The molecule has 3 N–H and O–H groups in total. The molecule has 4 rings (SSSR count). The largest absolute Gasteiger partial charge is 0.459 e. The third-order valence-corrected chi connectivity index (χ3v) is 6.05. The first kappa shape index (κ1) is 25.7. The van der Waals surface area contributed by atoms with Crippen LogP contribution in [0.1, 0.15) is 50.8 Å². The van der Waals surface area contributed by atoms with Gasteiger partial charge in [-0.25, -0.2) is 14.9 Å². The van der Waals surface area contributed by atoms with E-state index in [2.05, 4.69) is 35.3 Å². The smallest absolute Gasteiger partial charge is 0.342 e. The molecule has 2 heterocycles. The zero-order chi connectivity index (χ0) is 27.0. The van der Waals surface area contributed by atoms with Gasteiger partial charge in [0.15, 0.2) is 5.82 Å². The average Bonchev–Trinajstić information content (AvgIpc) is 3.45. The van der Waals surface area contributed by atoms with Gasteiger partial charge in [0, 0.05) is 30.3 Å². The first-order valence-electron chi connectivity index (χ1n) is 11.8. The second-order valence-corrected chi connectivity index (χ2v) is 10.1. The standard InChI is InChI=1S/C25H29N7O5/c1-14-27-18(16-7-6-15(12-26-5)10-17(16)28-22(35)24(2,3)4)11-20(34)32(14)13-19(33)30-25(8-9-25)21-29-23(36)37-31-21/h6-7,10-12H,8-9,13H2,1-5H3,(H,28,35)(H,30,33)(H,29,31,36)/b26-12+. The van der Waals surface area contributed by atoms with E-state index in [1.165, 1.54) is 10.6 Å². The highest BCUT2D eigenvalue weighted by Gasteiger charge is 2.49. The van der Waals surface area contributed by atoms with Crippen molar-refractivity contribution in [1.29, 1.82) is 0 Å². The van der Waals surface area contributed by atoms with Crippen LogP contribution in [0, 0.1) is 12.3 Å². The van der Waals surface area contributed by atoms with Crippen molar-refractivity contribution in [3.63, 3.8) is 0 Å². The quantitative estimate of drug-likeness (QED) is 0.410. The van der Waals surface area contributed by atoms with Crippen LogP contribution in [0.15, 0.2) is 43.4 Å². The van der Waals surface area contributed by atoms with Gasteiger partial charge >= 0.3 is 5.76 Å². The molecule has 1 aliphatic carbocycles. The number of hydrogen-bond acceptors (Lipinski definition) is 8. The summed E-state index contributed by atoms with van der Waals surface area (Å²) in [6.07, 6.45) is 2.84. The molecule has 0 radical (unpaired) electrons. The molecular weight excluding hydrogens is 478 g/mol. The summed E-state index contributed by atoms with van der Waals surface area (Å²) in [5.74, 6) is -0.809. The summed E-state index contributed by atoms with van der Waals surface area (Å²) < 4.78 is 5.87. The molecule has 1 aliphatic rings. The predicted octanol–water partition coefficient (Wildman–Crippen LogP) is 1.73. The van der Waals surface area contributed by atoms with Gasteiger partial charge in [0.2, 0.25) is 11.8 Å². The predicted molar refractivity (Wildman–Crippen MR) is 136 cm³/mol. The molecule has 0 bridgehead atoms. The number of nitrogens with one attached hydrogen (secondary N) is 3. The topological polar surface area (TPSA) is 164 Å². The minimum atomic E-state index is -0.794. The van der Waals surface area contributed by atoms with Crippen LogP contribution < -0.4 is 21.9 Å². The molecule has 1 aromatic carbocycles. The average molecular weight is 508 g/mol. The third-order valence-electron chi connectivity index (χ3n) is 6.05. The molecule has 12 nitrogen and oxygen atoms in total. The number of carbonyl (C=O) groups excluding carboxylic acids is 2. The zero-order valence-electron chi connectivity index (χ0n) is 21.3. The fourth-order valence-electron chi connectivity index (χ4n) is 3.81. The Morgan fingerprint density at radius 1 is 1.22 bits per heavy atom. The fraction of sp³-hybridized carbons (Fsp3) is 0.400. The minimum absolute atomic E-state index is 0.191.